The molecule has 580 valence electrons. The highest BCUT2D eigenvalue weighted by Crippen LogP contribution is 2.44. The lowest BCUT2D eigenvalue weighted by Gasteiger charge is -2.40. The molecule has 3 aliphatic rings. The maximum Gasteiger partial charge on any atom is 0.407 e. The lowest BCUT2D eigenvalue weighted by Crippen LogP contribution is -2.59. The molecule has 33 nitrogen and oxygen atoms in total. The Kier molecular flexibility index (Phi) is 28.8. The number of hydrogen-bond acceptors (Lipinski definition) is 25. The molecule has 1 saturated heterocycles. The van der Waals surface area contributed by atoms with Crippen LogP contribution in [0, 0.1) is 10.1 Å². The summed E-state index contributed by atoms with van der Waals surface area (Å²) in [4.78, 5) is 81.0. The monoisotopic (exact) mass is 1500 g/mol. The molecule has 0 radical (unpaired) electrons. The van der Waals surface area contributed by atoms with Crippen LogP contribution in [0.3, 0.4) is 0 Å². The van der Waals surface area contributed by atoms with Gasteiger partial charge in [-0.1, -0.05) is 11.3 Å². The highest BCUT2D eigenvalue weighted by Gasteiger charge is 2.44. The molecule has 109 heavy (non-hydrogen) atoms. The first-order valence-corrected chi connectivity index (χ1v) is 35.5. The summed E-state index contributed by atoms with van der Waals surface area (Å²) in [6.45, 7) is 6.56. The fourth-order valence-electron chi connectivity index (χ4n) is 11.7. The van der Waals surface area contributed by atoms with Gasteiger partial charge in [-0.15, -0.1) is 15.3 Å². The van der Waals surface area contributed by atoms with E-state index in [1.807, 2.05) is 98.1 Å². The quantitative estimate of drug-likeness (QED) is 0.00453. The molecule has 6 aromatic rings. The van der Waals surface area contributed by atoms with Crippen LogP contribution in [-0.4, -0.2) is 201 Å². The number of carboxylic acid groups (broad SMARTS) is 1. The molecule has 2 aliphatic heterocycles. The average molecular weight is 1510 g/mol. The number of benzene rings is 6. The summed E-state index contributed by atoms with van der Waals surface area (Å²) >= 11 is 0. The Morgan fingerprint density at radius 3 is 2.05 bits per heavy atom. The third-order valence-electron chi connectivity index (χ3n) is 17.6. The third kappa shape index (κ3) is 22.8. The number of carboxylic acids is 1. The zero-order valence-corrected chi connectivity index (χ0v) is 62.5. The maximum absolute atomic E-state index is 14.2. The first-order chi connectivity index (χ1) is 52.2. The Morgan fingerprint density at radius 2 is 1.39 bits per heavy atom. The van der Waals surface area contributed by atoms with Crippen LogP contribution >= 0.6 is 0 Å². The van der Waals surface area contributed by atoms with Crippen LogP contribution < -0.4 is 50.5 Å². The number of aromatic carboxylic acids is 1. The molecule has 6 atom stereocenters. The molecule has 0 spiro atoms. The zero-order chi connectivity index (χ0) is 78.5. The molecule has 3 heterocycles. The van der Waals surface area contributed by atoms with E-state index in [1.165, 1.54) is 50.6 Å². The van der Waals surface area contributed by atoms with Gasteiger partial charge in [-0.25, -0.2) is 14.2 Å². The number of amides is 4. The summed E-state index contributed by atoms with van der Waals surface area (Å²) in [7, 11) is 12.5. The number of fused-ring (bicyclic) bond motifs is 2. The molecule has 4 amide bonds. The van der Waals surface area contributed by atoms with Gasteiger partial charge in [0.2, 0.25) is 17.2 Å². The number of carbonyl (C=O) groups excluding carboxylic acids is 4. The number of nitro benzene ring substituents is 1. The number of aliphatic hydroxyl groups is 3. The number of non-ortho nitro benzene ring substituents is 1. The number of aliphatic hydroxyl groups excluding tert-OH is 3. The first-order valence-electron chi connectivity index (χ1n) is 35.5. The second-order valence-electron chi connectivity index (χ2n) is 27.3. The van der Waals surface area contributed by atoms with E-state index in [-0.39, 0.29) is 75.0 Å². The first kappa shape index (κ1) is 81.7. The molecule has 1 aliphatic carbocycles. The van der Waals surface area contributed by atoms with Gasteiger partial charge in [0.1, 0.15) is 90.1 Å². The minimum atomic E-state index is -1.62. The van der Waals surface area contributed by atoms with Gasteiger partial charge < -0.3 is 84.3 Å². The van der Waals surface area contributed by atoms with Gasteiger partial charge in [0, 0.05) is 130 Å². The SMILES string of the molecule is COc1cc(N=Nc2ccc([N+](=O)[O-])cc2)c(OC)cc1N=Nc1ccc(N(C)CCCC(=O)NCCCO[C@@H]2O[C@H](COCc3cn(CCCNC(=O)[C@H](CCCCNC(=O)OC(C)(C)C)NC(=O)c4ccc(-c5c6ccc(=[N+](C)C)cc-6oc6cc(N(C)C)ccc56)c(C(=O)O)c4)nn3)[C@@H](O)[C@H](O)[C@H]2O)cc1. The van der Waals surface area contributed by atoms with Crippen molar-refractivity contribution in [1.29, 1.82) is 0 Å². The lowest BCUT2D eigenvalue weighted by atomic mass is 9.89. The number of carbonyl (C=O) groups is 5. The van der Waals surface area contributed by atoms with E-state index in [9.17, 15) is 54.5 Å². The van der Waals surface area contributed by atoms with Crippen molar-refractivity contribution in [2.24, 2.45) is 20.5 Å². The maximum atomic E-state index is 14.2. The van der Waals surface area contributed by atoms with Crippen molar-refractivity contribution in [3.8, 4) is 33.9 Å². The van der Waals surface area contributed by atoms with Crippen molar-refractivity contribution < 1.29 is 82.2 Å². The lowest BCUT2D eigenvalue weighted by molar-refractivity contribution is -0.384. The third-order valence-corrected chi connectivity index (χ3v) is 17.6. The predicted octanol–water partition coefficient (Wildman–Crippen LogP) is 9.11. The van der Waals surface area contributed by atoms with Gasteiger partial charge in [0.15, 0.2) is 6.29 Å². The van der Waals surface area contributed by atoms with Crippen molar-refractivity contribution in [3.63, 3.8) is 0 Å². The number of nitrogens with one attached hydrogen (secondary N) is 4. The van der Waals surface area contributed by atoms with Gasteiger partial charge in [0.05, 0.1) is 68.2 Å². The second kappa shape index (κ2) is 38.4. The summed E-state index contributed by atoms with van der Waals surface area (Å²) in [5.74, 6) is -1.38. The summed E-state index contributed by atoms with van der Waals surface area (Å²) in [5, 5.41) is 92.4. The number of nitro groups is 1. The molecule has 5 aromatic carbocycles. The topological polar surface area (TPSA) is 416 Å². The van der Waals surface area contributed by atoms with Crippen molar-refractivity contribution in [2.45, 2.75) is 121 Å². The van der Waals surface area contributed by atoms with Gasteiger partial charge in [-0.3, -0.25) is 29.2 Å². The summed E-state index contributed by atoms with van der Waals surface area (Å²) < 4.78 is 43.8. The minimum Gasteiger partial charge on any atom is -0.494 e. The number of methoxy groups -OCH3 is 2. The highest BCUT2D eigenvalue weighted by atomic mass is 16.7. The number of unbranched alkanes of at least 4 members (excludes halogenated alkanes) is 1. The predicted molar refractivity (Wildman–Crippen MR) is 404 cm³/mol. The smallest absolute Gasteiger partial charge is 0.407 e. The Labute approximate surface area is 629 Å². The number of azo groups is 2. The number of ether oxygens (including phenoxy) is 6. The van der Waals surface area contributed by atoms with E-state index in [0.29, 0.717) is 119 Å². The molecule has 9 rings (SSSR count). The van der Waals surface area contributed by atoms with E-state index < -0.39 is 71.1 Å². The van der Waals surface area contributed by atoms with Crippen molar-refractivity contribution in [2.75, 3.05) is 98.7 Å². The van der Waals surface area contributed by atoms with Crippen molar-refractivity contribution in [3.05, 3.63) is 154 Å². The van der Waals surface area contributed by atoms with Crippen molar-refractivity contribution in [1.82, 2.24) is 40.8 Å². The number of nitrogens with zero attached hydrogens (tertiary/aromatic N) is 11. The normalized spacial score (nSPS) is 16.1. The minimum absolute atomic E-state index is 0.0124. The Bertz CT molecular complexity index is 4580. The number of hydrogen-bond donors (Lipinski definition) is 8. The molecular formula is C76H94N15O18+. The van der Waals surface area contributed by atoms with Gasteiger partial charge in [-0.2, -0.15) is 10.2 Å². The Morgan fingerprint density at radius 1 is 0.734 bits per heavy atom. The van der Waals surface area contributed by atoms with Gasteiger partial charge in [-0.05, 0) is 132 Å². The molecule has 1 fully saturated rings. The Hall–Kier alpha value is -11.4. The largest absolute Gasteiger partial charge is 0.494 e. The Balaban J connectivity index is 0.699. The van der Waals surface area contributed by atoms with Gasteiger partial charge >= 0.3 is 12.1 Å². The highest BCUT2D eigenvalue weighted by molar-refractivity contribution is 6.09. The summed E-state index contributed by atoms with van der Waals surface area (Å²) in [5.41, 5.74) is 5.11. The number of rotatable bonds is 36. The van der Waals surface area contributed by atoms with Crippen LogP contribution in [0.2, 0.25) is 0 Å². The number of alkyl carbamates (subject to hydrolysis) is 1. The van der Waals surface area contributed by atoms with Crippen LogP contribution in [-0.2, 0) is 41.7 Å². The van der Waals surface area contributed by atoms with E-state index in [0.717, 1.165) is 16.7 Å². The van der Waals surface area contributed by atoms with E-state index in [4.69, 9.17) is 32.8 Å². The number of anilines is 2. The number of aromatic nitrogens is 3. The molecular weight excluding hydrogens is 1410 g/mol. The van der Waals surface area contributed by atoms with Crippen molar-refractivity contribution >= 4 is 80.6 Å². The molecule has 0 bridgehead atoms. The molecule has 0 unspecified atom stereocenters. The average Bonchev–Trinajstić information content (AvgIpc) is 0.790. The van der Waals surface area contributed by atoms with Crippen LogP contribution in [0.4, 0.5) is 44.6 Å². The molecule has 0 saturated carbocycles. The van der Waals surface area contributed by atoms with Crippen LogP contribution in [0.1, 0.15) is 92.1 Å². The van der Waals surface area contributed by atoms with Crippen LogP contribution in [0.5, 0.6) is 11.5 Å². The molecule has 8 N–H and O–H groups in total. The summed E-state index contributed by atoms with van der Waals surface area (Å²) in [6, 6.07) is 30.9. The van der Waals surface area contributed by atoms with E-state index >= 15 is 0 Å². The van der Waals surface area contributed by atoms with Gasteiger partial charge in [0.25, 0.3) is 11.6 Å². The summed E-state index contributed by atoms with van der Waals surface area (Å²) in [6.07, 6.45) is -3.54. The van der Waals surface area contributed by atoms with Crippen LogP contribution in [0.25, 0.3) is 33.4 Å². The second-order valence-corrected chi connectivity index (χ2v) is 27.3. The fraction of sp³-hybridized carbons (Fsp3) is 0.421. The number of aryl methyl sites for hydroxylation is 1. The van der Waals surface area contributed by atoms with Crippen LogP contribution in [0.15, 0.2) is 146 Å². The molecule has 33 heteroatoms. The fourth-order valence-corrected chi connectivity index (χ4v) is 11.7. The zero-order valence-electron chi connectivity index (χ0n) is 62.5. The standard InChI is InChI=1S/C76H93N15O18/c1-76(2,3)109-75(100)79-32-12-11-16-58(80-71(96)46-18-29-54(57(38-46)73(98)99)67-55-30-27-52(87(4)5)39-61(55)107-62-40-53(88(6)7)28-31-56(62)67)72(97)78-33-14-36-90-43-49(83-86-90)44-105-45-65-68(93)69(94)70(95)74(108-65)106-37-15-34-77-66(92)17-13-35-89(8)50-23-19-47(20-24-50)81-84-59-41-64(104-10)60(42-63(59)103-9)85-82-48-21-25-51(26-22-48)91(101)102/h18-31,38-43,58,65,68-70,74,93-95H,11-17,32-37,44-45H2,1-10H3,(H4-,77,78,79,80,92,96,97,98,99,100)/p+1/t58-,65+,68+,69-,70+,74+/m0/s1. The molecule has 1 aromatic heterocycles. The van der Waals surface area contributed by atoms with E-state index in [1.54, 1.807) is 62.0 Å². The van der Waals surface area contributed by atoms with E-state index in [2.05, 4.69) is 52.0 Å².